The van der Waals surface area contributed by atoms with Gasteiger partial charge in [-0.3, -0.25) is 5.32 Å². The molecule has 4 nitrogen and oxygen atoms in total. The van der Waals surface area contributed by atoms with E-state index in [0.717, 1.165) is 25.7 Å². The first-order valence-corrected chi connectivity index (χ1v) is 6.50. The molecule has 2 atom stereocenters. The Labute approximate surface area is 111 Å². The number of rotatable bonds is 2. The monoisotopic (exact) mass is 268 g/mol. The first-order valence-electron chi connectivity index (χ1n) is 6.12. The fourth-order valence-corrected chi connectivity index (χ4v) is 2.25. The summed E-state index contributed by atoms with van der Waals surface area (Å²) in [5.74, 6) is 0. The van der Waals surface area contributed by atoms with Crippen LogP contribution in [0.2, 0.25) is 5.02 Å². The van der Waals surface area contributed by atoms with Gasteiger partial charge in [0.2, 0.25) is 0 Å². The number of halogens is 1. The molecule has 5 heteroatoms. The number of amides is 1. The van der Waals surface area contributed by atoms with Crippen molar-refractivity contribution in [2.45, 2.75) is 37.8 Å². The third-order valence-corrected chi connectivity index (χ3v) is 3.28. The maximum absolute atomic E-state index is 11.7. The highest BCUT2D eigenvalue weighted by molar-refractivity contribution is 6.30. The highest BCUT2D eigenvalue weighted by Gasteiger charge is 2.22. The number of ether oxygens (including phenoxy) is 1. The SMILES string of the molecule is NC1CCCC(OC(=O)Nc2ccc(Cl)cc2)C1. The lowest BCUT2D eigenvalue weighted by Gasteiger charge is -2.26. The van der Waals surface area contributed by atoms with Crippen LogP contribution in [-0.2, 0) is 4.74 Å². The molecule has 0 heterocycles. The van der Waals surface area contributed by atoms with Gasteiger partial charge in [-0.2, -0.15) is 0 Å². The van der Waals surface area contributed by atoms with Crippen LogP contribution in [0.3, 0.4) is 0 Å². The lowest BCUT2D eigenvalue weighted by molar-refractivity contribution is 0.0811. The van der Waals surface area contributed by atoms with Gasteiger partial charge in [0.15, 0.2) is 0 Å². The van der Waals surface area contributed by atoms with Crippen LogP contribution in [0.4, 0.5) is 10.5 Å². The lowest BCUT2D eigenvalue weighted by Crippen LogP contribution is -2.34. The average Bonchev–Trinajstić information content (AvgIpc) is 2.32. The van der Waals surface area contributed by atoms with Crippen LogP contribution < -0.4 is 11.1 Å². The first-order chi connectivity index (χ1) is 8.63. The van der Waals surface area contributed by atoms with E-state index < -0.39 is 6.09 Å². The minimum Gasteiger partial charge on any atom is -0.446 e. The summed E-state index contributed by atoms with van der Waals surface area (Å²) in [6, 6.07) is 7.04. The van der Waals surface area contributed by atoms with Crippen LogP contribution in [0, 0.1) is 0 Å². The molecule has 1 fully saturated rings. The molecule has 1 aliphatic carbocycles. The van der Waals surface area contributed by atoms with Crippen LogP contribution in [0.15, 0.2) is 24.3 Å². The molecular weight excluding hydrogens is 252 g/mol. The molecule has 98 valence electrons. The Kier molecular flexibility index (Phi) is 4.44. The van der Waals surface area contributed by atoms with Gasteiger partial charge in [0.25, 0.3) is 0 Å². The van der Waals surface area contributed by atoms with Crippen LogP contribution in [0.1, 0.15) is 25.7 Å². The second kappa shape index (κ2) is 6.07. The zero-order chi connectivity index (χ0) is 13.0. The van der Waals surface area contributed by atoms with E-state index in [1.165, 1.54) is 0 Å². The molecule has 1 aliphatic rings. The van der Waals surface area contributed by atoms with E-state index in [1.54, 1.807) is 24.3 Å². The molecule has 3 N–H and O–H groups in total. The minimum absolute atomic E-state index is 0.0685. The Bertz CT molecular complexity index is 408. The van der Waals surface area contributed by atoms with Crippen molar-refractivity contribution in [2.24, 2.45) is 5.73 Å². The third kappa shape index (κ3) is 3.89. The highest BCUT2D eigenvalue weighted by Crippen LogP contribution is 2.20. The molecule has 18 heavy (non-hydrogen) atoms. The number of hydrogen-bond acceptors (Lipinski definition) is 3. The second-order valence-electron chi connectivity index (χ2n) is 4.59. The molecule has 2 unspecified atom stereocenters. The maximum Gasteiger partial charge on any atom is 0.411 e. The largest absolute Gasteiger partial charge is 0.446 e. The minimum atomic E-state index is -0.434. The van der Waals surface area contributed by atoms with Gasteiger partial charge in [-0.1, -0.05) is 11.6 Å². The summed E-state index contributed by atoms with van der Waals surface area (Å²) in [4.78, 5) is 11.7. The fraction of sp³-hybridized carbons (Fsp3) is 0.462. The number of benzene rings is 1. The number of carbonyl (C=O) groups is 1. The molecule has 1 amide bonds. The van der Waals surface area contributed by atoms with E-state index in [1.807, 2.05) is 0 Å². The molecule has 0 aliphatic heterocycles. The third-order valence-electron chi connectivity index (χ3n) is 3.03. The van der Waals surface area contributed by atoms with Crippen LogP contribution >= 0.6 is 11.6 Å². The molecule has 0 spiro atoms. The van der Waals surface area contributed by atoms with Crippen LogP contribution in [0.25, 0.3) is 0 Å². The Hall–Kier alpha value is -1.26. The first kappa shape index (κ1) is 13.2. The van der Waals surface area contributed by atoms with Crippen molar-refractivity contribution in [1.82, 2.24) is 0 Å². The van der Waals surface area contributed by atoms with Gasteiger partial charge in [-0.25, -0.2) is 4.79 Å². The van der Waals surface area contributed by atoms with Gasteiger partial charge in [0.05, 0.1) is 0 Å². The molecule has 0 radical (unpaired) electrons. The summed E-state index contributed by atoms with van der Waals surface area (Å²) in [7, 11) is 0. The van der Waals surface area contributed by atoms with E-state index in [-0.39, 0.29) is 12.1 Å². The summed E-state index contributed by atoms with van der Waals surface area (Å²) in [6.45, 7) is 0. The summed E-state index contributed by atoms with van der Waals surface area (Å²) >= 11 is 5.76. The van der Waals surface area contributed by atoms with Crippen molar-refractivity contribution in [2.75, 3.05) is 5.32 Å². The molecule has 0 aromatic heterocycles. The number of nitrogens with one attached hydrogen (secondary N) is 1. The van der Waals surface area contributed by atoms with Crippen molar-refractivity contribution < 1.29 is 9.53 Å². The van der Waals surface area contributed by atoms with Crippen molar-refractivity contribution >= 4 is 23.4 Å². The summed E-state index contributed by atoms with van der Waals surface area (Å²) in [5.41, 5.74) is 6.51. The molecule has 1 aromatic carbocycles. The van der Waals surface area contributed by atoms with Gasteiger partial charge >= 0.3 is 6.09 Å². The number of hydrogen-bond donors (Lipinski definition) is 2. The second-order valence-corrected chi connectivity index (χ2v) is 5.02. The predicted octanol–water partition coefficient (Wildman–Crippen LogP) is 3.16. The van der Waals surface area contributed by atoms with Gasteiger partial charge < -0.3 is 10.5 Å². The molecule has 2 rings (SSSR count). The Morgan fingerprint density at radius 1 is 1.33 bits per heavy atom. The van der Waals surface area contributed by atoms with E-state index in [9.17, 15) is 4.79 Å². The standard InChI is InChI=1S/C13H17ClN2O2/c14-9-4-6-11(7-5-9)16-13(17)18-12-3-1-2-10(15)8-12/h4-7,10,12H,1-3,8,15H2,(H,16,17). The molecular formula is C13H17ClN2O2. The summed E-state index contributed by atoms with van der Waals surface area (Å²) in [6.07, 6.45) is 3.16. The molecule has 1 aromatic rings. The van der Waals surface area contributed by atoms with E-state index >= 15 is 0 Å². The highest BCUT2D eigenvalue weighted by atomic mass is 35.5. The molecule has 0 saturated heterocycles. The van der Waals surface area contributed by atoms with Crippen molar-refractivity contribution in [3.8, 4) is 0 Å². The number of nitrogens with two attached hydrogens (primary N) is 1. The lowest BCUT2D eigenvalue weighted by atomic mass is 9.94. The summed E-state index contributed by atoms with van der Waals surface area (Å²) in [5, 5.41) is 3.30. The average molecular weight is 269 g/mol. The predicted molar refractivity (Wildman–Crippen MR) is 71.8 cm³/mol. The Morgan fingerprint density at radius 3 is 2.72 bits per heavy atom. The zero-order valence-corrected chi connectivity index (χ0v) is 10.8. The number of carbonyl (C=O) groups excluding carboxylic acids is 1. The van der Waals surface area contributed by atoms with E-state index in [0.29, 0.717) is 10.7 Å². The van der Waals surface area contributed by atoms with E-state index in [2.05, 4.69) is 5.32 Å². The van der Waals surface area contributed by atoms with Crippen molar-refractivity contribution in [1.29, 1.82) is 0 Å². The Balaban J connectivity index is 1.83. The van der Waals surface area contributed by atoms with Gasteiger partial charge in [0.1, 0.15) is 6.10 Å². The normalized spacial score (nSPS) is 23.4. The van der Waals surface area contributed by atoms with Gasteiger partial charge in [-0.05, 0) is 49.9 Å². The van der Waals surface area contributed by atoms with Crippen LogP contribution in [-0.4, -0.2) is 18.2 Å². The van der Waals surface area contributed by atoms with Crippen molar-refractivity contribution in [3.05, 3.63) is 29.3 Å². The maximum atomic E-state index is 11.7. The van der Waals surface area contributed by atoms with E-state index in [4.69, 9.17) is 22.1 Å². The quantitative estimate of drug-likeness (QED) is 0.866. The number of anilines is 1. The fourth-order valence-electron chi connectivity index (χ4n) is 2.12. The van der Waals surface area contributed by atoms with Crippen molar-refractivity contribution in [3.63, 3.8) is 0 Å². The molecule has 1 saturated carbocycles. The van der Waals surface area contributed by atoms with Gasteiger partial charge in [0, 0.05) is 16.8 Å². The van der Waals surface area contributed by atoms with Gasteiger partial charge in [-0.15, -0.1) is 0 Å². The Morgan fingerprint density at radius 2 is 2.06 bits per heavy atom. The summed E-state index contributed by atoms with van der Waals surface area (Å²) < 4.78 is 5.33. The smallest absolute Gasteiger partial charge is 0.411 e. The zero-order valence-electron chi connectivity index (χ0n) is 10.1. The topological polar surface area (TPSA) is 64.3 Å². The molecule has 0 bridgehead atoms. The van der Waals surface area contributed by atoms with Crippen LogP contribution in [0.5, 0.6) is 0 Å².